The maximum atomic E-state index is 14.3. The van der Waals surface area contributed by atoms with Gasteiger partial charge in [0.25, 0.3) is 5.91 Å². The van der Waals surface area contributed by atoms with Crippen LogP contribution in [0.4, 0.5) is 10.2 Å². The number of aromatic nitrogens is 2. The Balaban J connectivity index is 1.63. The molecule has 0 aliphatic heterocycles. The molecule has 34 heavy (non-hydrogen) atoms. The Morgan fingerprint density at radius 2 is 1.68 bits per heavy atom. The van der Waals surface area contributed by atoms with Crippen molar-refractivity contribution in [1.82, 2.24) is 10.1 Å². The summed E-state index contributed by atoms with van der Waals surface area (Å²) in [6, 6.07) is 15.9. The van der Waals surface area contributed by atoms with E-state index < -0.39 is 11.7 Å². The first-order valence-corrected chi connectivity index (χ1v) is 10.2. The molecule has 2 aromatic heterocycles. The number of carbonyl (C=O) groups is 1. The first-order valence-electron chi connectivity index (χ1n) is 10.2. The molecule has 2 heterocycles. The molecular formula is C25H18FN3O5. The monoisotopic (exact) mass is 459 g/mol. The number of fused-ring (bicyclic) bond motifs is 2. The lowest BCUT2D eigenvalue weighted by Gasteiger charge is -2.21. The number of benzene rings is 3. The molecule has 170 valence electrons. The standard InChI is InChI=1S/C25H18FN3O5/c1-31-22-13-18-20(14-23(22)32-2)27-11-9-21(18)34-29(24-10-12-33-28-24)25(30)17-7-3-6-16-15(17)5-4-8-19(16)26/h3-14H,1-2H3. The van der Waals surface area contributed by atoms with E-state index in [1.807, 2.05) is 0 Å². The van der Waals surface area contributed by atoms with E-state index >= 15 is 0 Å². The van der Waals surface area contributed by atoms with Crippen LogP contribution in [0.3, 0.4) is 0 Å². The highest BCUT2D eigenvalue weighted by Crippen LogP contribution is 2.36. The minimum absolute atomic E-state index is 0.115. The summed E-state index contributed by atoms with van der Waals surface area (Å²) in [7, 11) is 3.05. The van der Waals surface area contributed by atoms with E-state index in [0.717, 1.165) is 5.06 Å². The fraction of sp³-hybridized carbons (Fsp3) is 0.0800. The Labute approximate surface area is 193 Å². The van der Waals surface area contributed by atoms with E-state index in [4.69, 9.17) is 18.8 Å². The van der Waals surface area contributed by atoms with E-state index in [-0.39, 0.29) is 11.4 Å². The molecule has 0 bridgehead atoms. The number of anilines is 1. The van der Waals surface area contributed by atoms with Gasteiger partial charge in [-0.15, -0.1) is 5.06 Å². The number of methoxy groups -OCH3 is 2. The highest BCUT2D eigenvalue weighted by molar-refractivity contribution is 6.13. The van der Waals surface area contributed by atoms with Crippen LogP contribution in [0.1, 0.15) is 10.4 Å². The zero-order valence-corrected chi connectivity index (χ0v) is 18.2. The topological polar surface area (TPSA) is 86.9 Å². The van der Waals surface area contributed by atoms with Gasteiger partial charge >= 0.3 is 0 Å². The largest absolute Gasteiger partial charge is 0.493 e. The summed E-state index contributed by atoms with van der Waals surface area (Å²) in [4.78, 5) is 24.1. The number of hydroxylamine groups is 1. The van der Waals surface area contributed by atoms with Gasteiger partial charge in [-0.05, 0) is 23.6 Å². The van der Waals surface area contributed by atoms with Gasteiger partial charge in [-0.25, -0.2) is 4.39 Å². The first-order chi connectivity index (χ1) is 16.6. The molecule has 0 spiro atoms. The molecule has 0 fully saturated rings. The van der Waals surface area contributed by atoms with E-state index in [0.29, 0.717) is 38.9 Å². The normalized spacial score (nSPS) is 10.9. The van der Waals surface area contributed by atoms with Crippen LogP contribution in [-0.4, -0.2) is 30.3 Å². The van der Waals surface area contributed by atoms with E-state index in [1.165, 1.54) is 32.6 Å². The van der Waals surface area contributed by atoms with Gasteiger partial charge in [-0.1, -0.05) is 29.4 Å². The van der Waals surface area contributed by atoms with Crippen LogP contribution in [-0.2, 0) is 0 Å². The molecule has 9 heteroatoms. The van der Waals surface area contributed by atoms with Crippen molar-refractivity contribution in [3.05, 3.63) is 84.5 Å². The fourth-order valence-electron chi connectivity index (χ4n) is 3.70. The lowest BCUT2D eigenvalue weighted by atomic mass is 10.0. The van der Waals surface area contributed by atoms with Crippen LogP contribution in [0.15, 0.2) is 77.6 Å². The van der Waals surface area contributed by atoms with Crippen LogP contribution in [0.25, 0.3) is 21.7 Å². The molecule has 0 saturated carbocycles. The molecule has 0 radical (unpaired) electrons. The average molecular weight is 459 g/mol. The lowest BCUT2D eigenvalue weighted by molar-refractivity contribution is 0.0878. The van der Waals surface area contributed by atoms with Gasteiger partial charge in [0.05, 0.1) is 25.3 Å². The van der Waals surface area contributed by atoms with Gasteiger partial charge in [-0.2, -0.15) is 0 Å². The van der Waals surface area contributed by atoms with Crippen molar-refractivity contribution in [1.29, 1.82) is 0 Å². The predicted octanol–water partition coefficient (Wildman–Crippen LogP) is 5.17. The third-order valence-corrected chi connectivity index (χ3v) is 5.31. The molecule has 5 rings (SSSR count). The zero-order chi connectivity index (χ0) is 23.7. The Kier molecular flexibility index (Phi) is 5.43. The summed E-state index contributed by atoms with van der Waals surface area (Å²) in [5, 5.41) is 6.20. The summed E-state index contributed by atoms with van der Waals surface area (Å²) < 4.78 is 30.0. The number of pyridine rings is 1. The van der Waals surface area contributed by atoms with Crippen LogP contribution in [0.5, 0.6) is 17.2 Å². The van der Waals surface area contributed by atoms with Crippen LogP contribution in [0, 0.1) is 5.82 Å². The summed E-state index contributed by atoms with van der Waals surface area (Å²) in [6.45, 7) is 0. The highest BCUT2D eigenvalue weighted by Gasteiger charge is 2.26. The van der Waals surface area contributed by atoms with Crippen molar-refractivity contribution < 1.29 is 28.0 Å². The second-order valence-electron chi connectivity index (χ2n) is 7.22. The molecule has 8 nitrogen and oxygen atoms in total. The van der Waals surface area contributed by atoms with Crippen molar-refractivity contribution in [2.24, 2.45) is 0 Å². The Bertz CT molecular complexity index is 1500. The molecule has 0 aliphatic carbocycles. The number of carbonyl (C=O) groups excluding carboxylic acids is 1. The van der Waals surface area contributed by atoms with Crippen molar-refractivity contribution in [3.63, 3.8) is 0 Å². The van der Waals surface area contributed by atoms with Gasteiger partial charge in [0.15, 0.2) is 17.2 Å². The van der Waals surface area contributed by atoms with E-state index in [9.17, 15) is 9.18 Å². The molecule has 0 N–H and O–H groups in total. The predicted molar refractivity (Wildman–Crippen MR) is 123 cm³/mol. The van der Waals surface area contributed by atoms with Crippen LogP contribution in [0.2, 0.25) is 0 Å². The number of halogens is 1. The van der Waals surface area contributed by atoms with Crippen molar-refractivity contribution >= 4 is 33.4 Å². The molecule has 0 saturated heterocycles. The average Bonchev–Trinajstić information content (AvgIpc) is 3.40. The van der Waals surface area contributed by atoms with Crippen molar-refractivity contribution in [3.8, 4) is 17.2 Å². The summed E-state index contributed by atoms with van der Waals surface area (Å²) in [5.74, 6) is 0.411. The summed E-state index contributed by atoms with van der Waals surface area (Å²) in [6.07, 6.45) is 2.86. The smallest absolute Gasteiger partial charge is 0.293 e. The number of amides is 1. The highest BCUT2D eigenvalue weighted by atomic mass is 19.1. The molecule has 3 aromatic carbocycles. The molecule has 0 aliphatic rings. The molecule has 1 amide bonds. The van der Waals surface area contributed by atoms with Crippen molar-refractivity contribution in [2.75, 3.05) is 19.3 Å². The minimum atomic E-state index is -0.560. The van der Waals surface area contributed by atoms with Crippen LogP contribution < -0.4 is 19.4 Å². The van der Waals surface area contributed by atoms with Gasteiger partial charge in [-0.3, -0.25) is 9.78 Å². The second kappa shape index (κ2) is 8.70. The van der Waals surface area contributed by atoms with E-state index in [2.05, 4.69) is 10.1 Å². The molecular weight excluding hydrogens is 441 g/mol. The number of nitrogens with zero attached hydrogens (tertiary/aromatic N) is 3. The maximum absolute atomic E-state index is 14.3. The number of hydrogen-bond donors (Lipinski definition) is 0. The SMILES string of the molecule is COc1cc2nccc(ON(C(=O)c3cccc4c(F)cccc34)c3ccon3)c2cc1OC. The quantitative estimate of drug-likeness (QED) is 0.324. The van der Waals surface area contributed by atoms with Gasteiger partial charge in [0, 0.05) is 35.2 Å². The third-order valence-electron chi connectivity index (χ3n) is 5.31. The second-order valence-corrected chi connectivity index (χ2v) is 7.22. The molecule has 5 aromatic rings. The minimum Gasteiger partial charge on any atom is -0.493 e. The lowest BCUT2D eigenvalue weighted by Crippen LogP contribution is -2.34. The zero-order valence-electron chi connectivity index (χ0n) is 18.2. The van der Waals surface area contributed by atoms with Crippen molar-refractivity contribution in [2.45, 2.75) is 0 Å². The fourth-order valence-corrected chi connectivity index (χ4v) is 3.70. The Hall–Kier alpha value is -4.66. The first kappa shape index (κ1) is 21.2. The van der Waals surface area contributed by atoms with Crippen LogP contribution >= 0.6 is 0 Å². The van der Waals surface area contributed by atoms with Gasteiger partial charge < -0.3 is 18.8 Å². The van der Waals surface area contributed by atoms with Gasteiger partial charge in [0.2, 0.25) is 5.82 Å². The Morgan fingerprint density at radius 1 is 0.912 bits per heavy atom. The maximum Gasteiger partial charge on any atom is 0.293 e. The molecule has 0 unspecified atom stereocenters. The summed E-state index contributed by atoms with van der Waals surface area (Å²) >= 11 is 0. The number of rotatable bonds is 6. The number of ether oxygens (including phenoxy) is 2. The number of hydrogen-bond acceptors (Lipinski definition) is 7. The molecule has 0 atom stereocenters. The third kappa shape index (κ3) is 3.62. The Morgan fingerprint density at radius 3 is 2.44 bits per heavy atom. The van der Waals surface area contributed by atoms with Gasteiger partial charge in [0.1, 0.15) is 12.1 Å². The summed E-state index contributed by atoms with van der Waals surface area (Å²) in [5.41, 5.74) is 0.799. The van der Waals surface area contributed by atoms with E-state index in [1.54, 1.807) is 54.7 Å².